The zero-order valence-electron chi connectivity index (χ0n) is 12.4. The van der Waals surface area contributed by atoms with E-state index in [0.29, 0.717) is 18.8 Å². The van der Waals surface area contributed by atoms with Crippen molar-refractivity contribution in [1.82, 2.24) is 9.97 Å². The zero-order valence-corrected chi connectivity index (χ0v) is 12.4. The van der Waals surface area contributed by atoms with Crippen LogP contribution in [0.15, 0.2) is 60.9 Å². The van der Waals surface area contributed by atoms with Crippen LogP contribution in [0.1, 0.15) is 19.0 Å². The van der Waals surface area contributed by atoms with Gasteiger partial charge in [0.2, 0.25) is 5.91 Å². The summed E-state index contributed by atoms with van der Waals surface area (Å²) in [6.07, 6.45) is 3.91. The normalized spacial score (nSPS) is 10.6. The van der Waals surface area contributed by atoms with Crippen LogP contribution in [0.5, 0.6) is 0 Å². The first kappa shape index (κ1) is 14.2. The molecule has 2 aromatic heterocycles. The first-order chi connectivity index (χ1) is 10.8. The predicted molar refractivity (Wildman–Crippen MR) is 87.5 cm³/mol. The van der Waals surface area contributed by atoms with E-state index in [1.165, 1.54) is 0 Å². The van der Waals surface area contributed by atoms with Gasteiger partial charge in [-0.25, -0.2) is 4.98 Å². The second-order valence-electron chi connectivity index (χ2n) is 5.00. The molecule has 0 N–H and O–H groups in total. The average molecular weight is 291 g/mol. The van der Waals surface area contributed by atoms with Crippen LogP contribution in [0.3, 0.4) is 0 Å². The van der Waals surface area contributed by atoms with E-state index in [9.17, 15) is 4.79 Å². The van der Waals surface area contributed by atoms with Crippen molar-refractivity contribution in [3.05, 3.63) is 66.6 Å². The van der Waals surface area contributed by atoms with E-state index < -0.39 is 0 Å². The molecule has 0 bridgehead atoms. The van der Waals surface area contributed by atoms with Gasteiger partial charge >= 0.3 is 0 Å². The summed E-state index contributed by atoms with van der Waals surface area (Å²) in [7, 11) is 0. The second-order valence-corrected chi connectivity index (χ2v) is 5.00. The van der Waals surface area contributed by atoms with Crippen molar-refractivity contribution in [2.24, 2.45) is 0 Å². The molecule has 0 saturated heterocycles. The minimum absolute atomic E-state index is 0.0356. The molecular formula is C18H17N3O. The number of carbonyl (C=O) groups is 1. The molecule has 110 valence electrons. The maximum atomic E-state index is 12.3. The zero-order chi connectivity index (χ0) is 15.4. The summed E-state index contributed by atoms with van der Waals surface area (Å²) >= 11 is 0. The number of hydrogen-bond donors (Lipinski definition) is 0. The summed E-state index contributed by atoms with van der Waals surface area (Å²) in [6.45, 7) is 2.28. The first-order valence-electron chi connectivity index (χ1n) is 7.33. The lowest BCUT2D eigenvalue weighted by molar-refractivity contribution is -0.118. The molecule has 22 heavy (non-hydrogen) atoms. The van der Waals surface area contributed by atoms with Gasteiger partial charge < -0.3 is 0 Å². The summed E-state index contributed by atoms with van der Waals surface area (Å²) in [4.78, 5) is 22.8. The number of anilines is 1. The van der Waals surface area contributed by atoms with E-state index in [4.69, 9.17) is 0 Å². The molecule has 0 unspecified atom stereocenters. The van der Waals surface area contributed by atoms with Crippen LogP contribution in [-0.4, -0.2) is 15.9 Å². The van der Waals surface area contributed by atoms with E-state index >= 15 is 0 Å². The minimum Gasteiger partial charge on any atom is -0.291 e. The smallest absolute Gasteiger partial charge is 0.228 e. The molecule has 4 nitrogen and oxygen atoms in total. The van der Waals surface area contributed by atoms with Crippen molar-refractivity contribution in [2.75, 3.05) is 4.90 Å². The highest BCUT2D eigenvalue weighted by molar-refractivity contribution is 5.93. The fourth-order valence-electron chi connectivity index (χ4n) is 2.46. The number of aromatic nitrogens is 2. The molecular weight excluding hydrogens is 274 g/mol. The fraction of sp³-hybridized carbons (Fsp3) is 0.167. The van der Waals surface area contributed by atoms with Gasteiger partial charge in [0.1, 0.15) is 5.82 Å². The number of hydrogen-bond acceptors (Lipinski definition) is 3. The number of fused-ring (bicyclic) bond motifs is 1. The van der Waals surface area contributed by atoms with Gasteiger partial charge in [-0.05, 0) is 23.6 Å². The number of nitrogens with zero attached hydrogens (tertiary/aromatic N) is 3. The van der Waals surface area contributed by atoms with Crippen molar-refractivity contribution in [3.63, 3.8) is 0 Å². The van der Waals surface area contributed by atoms with Crippen LogP contribution in [0, 0.1) is 0 Å². The van der Waals surface area contributed by atoms with Crippen LogP contribution in [0.25, 0.3) is 10.8 Å². The SMILES string of the molecule is CCC(=O)N(Cc1nccc2ccccc12)c1ccccn1. The molecule has 2 heterocycles. The molecule has 0 spiro atoms. The Morgan fingerprint density at radius 2 is 1.82 bits per heavy atom. The van der Waals surface area contributed by atoms with Crippen LogP contribution >= 0.6 is 0 Å². The molecule has 0 aliphatic carbocycles. The number of rotatable bonds is 4. The Bertz CT molecular complexity index is 781. The van der Waals surface area contributed by atoms with Gasteiger partial charge in [-0.15, -0.1) is 0 Å². The van der Waals surface area contributed by atoms with Crippen molar-refractivity contribution >= 4 is 22.5 Å². The molecule has 3 aromatic rings. The third-order valence-electron chi connectivity index (χ3n) is 3.59. The average Bonchev–Trinajstić information content (AvgIpc) is 2.60. The van der Waals surface area contributed by atoms with Crippen molar-refractivity contribution < 1.29 is 4.79 Å². The summed E-state index contributed by atoms with van der Waals surface area (Å²) in [5.74, 6) is 0.692. The molecule has 0 fully saturated rings. The summed E-state index contributed by atoms with van der Waals surface area (Å²) in [5.41, 5.74) is 0.880. The summed E-state index contributed by atoms with van der Waals surface area (Å²) in [6, 6.07) is 15.6. The van der Waals surface area contributed by atoms with Crippen LogP contribution in [-0.2, 0) is 11.3 Å². The van der Waals surface area contributed by atoms with Gasteiger partial charge in [-0.1, -0.05) is 37.3 Å². The Kier molecular flexibility index (Phi) is 4.10. The lowest BCUT2D eigenvalue weighted by Gasteiger charge is -2.21. The van der Waals surface area contributed by atoms with E-state index in [1.54, 1.807) is 17.3 Å². The van der Waals surface area contributed by atoms with E-state index in [0.717, 1.165) is 16.5 Å². The molecule has 0 aliphatic heterocycles. The Balaban J connectivity index is 2.01. The second kappa shape index (κ2) is 6.35. The predicted octanol–water partition coefficient (Wildman–Crippen LogP) is 3.57. The van der Waals surface area contributed by atoms with Gasteiger partial charge in [-0.2, -0.15) is 0 Å². The quantitative estimate of drug-likeness (QED) is 0.738. The van der Waals surface area contributed by atoms with Gasteiger partial charge in [0.05, 0.1) is 12.2 Å². The molecule has 0 radical (unpaired) electrons. The lowest BCUT2D eigenvalue weighted by Crippen LogP contribution is -2.30. The Hall–Kier alpha value is -2.75. The first-order valence-corrected chi connectivity index (χ1v) is 7.33. The van der Waals surface area contributed by atoms with Gasteiger partial charge in [0.15, 0.2) is 0 Å². The van der Waals surface area contributed by atoms with Gasteiger partial charge in [0, 0.05) is 24.2 Å². The number of carbonyl (C=O) groups excluding carboxylic acids is 1. The summed E-state index contributed by atoms with van der Waals surface area (Å²) in [5, 5.41) is 2.19. The maximum Gasteiger partial charge on any atom is 0.228 e. The highest BCUT2D eigenvalue weighted by atomic mass is 16.2. The van der Waals surface area contributed by atoms with Gasteiger partial charge in [0.25, 0.3) is 0 Å². The number of benzene rings is 1. The largest absolute Gasteiger partial charge is 0.291 e. The van der Waals surface area contributed by atoms with Gasteiger partial charge in [-0.3, -0.25) is 14.7 Å². The van der Waals surface area contributed by atoms with E-state index in [-0.39, 0.29) is 5.91 Å². The fourth-order valence-corrected chi connectivity index (χ4v) is 2.46. The monoisotopic (exact) mass is 291 g/mol. The van der Waals surface area contributed by atoms with Crippen molar-refractivity contribution in [1.29, 1.82) is 0 Å². The molecule has 0 saturated carbocycles. The highest BCUT2D eigenvalue weighted by Crippen LogP contribution is 2.20. The molecule has 1 amide bonds. The topological polar surface area (TPSA) is 46.1 Å². The Labute approximate surface area is 129 Å². The number of pyridine rings is 2. The maximum absolute atomic E-state index is 12.3. The third kappa shape index (κ3) is 2.81. The minimum atomic E-state index is 0.0356. The molecule has 4 heteroatoms. The third-order valence-corrected chi connectivity index (χ3v) is 3.59. The molecule has 0 atom stereocenters. The van der Waals surface area contributed by atoms with Crippen LogP contribution in [0.4, 0.5) is 5.82 Å². The standard InChI is InChI=1S/C18H17N3O/c1-2-18(22)21(17-9-5-6-11-20-17)13-16-15-8-4-3-7-14(15)10-12-19-16/h3-12H,2,13H2,1H3. The van der Waals surface area contributed by atoms with Crippen molar-refractivity contribution in [2.45, 2.75) is 19.9 Å². The lowest BCUT2D eigenvalue weighted by atomic mass is 10.1. The molecule has 1 aromatic carbocycles. The van der Waals surface area contributed by atoms with E-state index in [1.807, 2.05) is 55.5 Å². The van der Waals surface area contributed by atoms with Crippen LogP contribution in [0.2, 0.25) is 0 Å². The number of amides is 1. The van der Waals surface area contributed by atoms with Crippen LogP contribution < -0.4 is 4.90 Å². The molecule has 3 rings (SSSR count). The summed E-state index contributed by atoms with van der Waals surface area (Å²) < 4.78 is 0. The van der Waals surface area contributed by atoms with E-state index in [2.05, 4.69) is 9.97 Å². The highest BCUT2D eigenvalue weighted by Gasteiger charge is 2.17. The Morgan fingerprint density at radius 3 is 2.59 bits per heavy atom. The molecule has 0 aliphatic rings. The Morgan fingerprint density at radius 1 is 1.00 bits per heavy atom. The van der Waals surface area contributed by atoms with Crippen molar-refractivity contribution in [3.8, 4) is 0 Å².